The van der Waals surface area contributed by atoms with E-state index in [0.29, 0.717) is 0 Å². The minimum Gasteiger partial charge on any atom is -0.478 e. The maximum Gasteiger partial charge on any atom is 0.327 e. The number of hydrogen-bond donors (Lipinski definition) is 1. The molecule has 0 aromatic carbocycles. The van der Waals surface area contributed by atoms with Gasteiger partial charge in [0.2, 0.25) is 0 Å². The first kappa shape index (κ1) is 18.7. The van der Waals surface area contributed by atoms with Crippen LogP contribution < -0.4 is 0 Å². The van der Waals surface area contributed by atoms with E-state index in [2.05, 4.69) is 31.2 Å². The van der Waals surface area contributed by atoms with Crippen LogP contribution in [-0.4, -0.2) is 11.1 Å². The largest absolute Gasteiger partial charge is 0.478 e. The van der Waals surface area contributed by atoms with Crippen LogP contribution in [0.3, 0.4) is 0 Å². The molecule has 0 unspecified atom stereocenters. The fourth-order valence-electron chi connectivity index (χ4n) is 1.90. The zero-order chi connectivity index (χ0) is 14.9. The highest BCUT2D eigenvalue weighted by molar-refractivity contribution is 5.79. The number of unbranched alkanes of at least 4 members (excludes halogenated alkanes) is 7. The minimum atomic E-state index is -0.851. The Hall–Kier alpha value is -1.31. The second-order valence-corrected chi connectivity index (χ2v) is 5.05. The third-order valence-electron chi connectivity index (χ3n) is 3.08. The van der Waals surface area contributed by atoms with Gasteiger partial charge in [-0.15, -0.1) is 0 Å². The molecule has 0 aliphatic carbocycles. The topological polar surface area (TPSA) is 37.3 Å². The number of carboxylic acids is 1. The fraction of sp³-hybridized carbons (Fsp3) is 0.611. The number of allylic oxidation sites excluding steroid dienone is 5. The SMILES string of the molecule is CCCCC/C=C\C/C=C\CCCCCC=CC(=O)O. The lowest BCUT2D eigenvalue weighted by molar-refractivity contribution is -0.131. The lowest BCUT2D eigenvalue weighted by atomic mass is 10.1. The van der Waals surface area contributed by atoms with E-state index in [1.54, 1.807) is 6.08 Å². The van der Waals surface area contributed by atoms with Crippen molar-refractivity contribution < 1.29 is 9.90 Å². The number of aliphatic carboxylic acids is 1. The summed E-state index contributed by atoms with van der Waals surface area (Å²) in [6.45, 7) is 2.23. The standard InChI is InChI=1S/C18H30O2/c1-2-3-4-5-6-7-8-9-10-11-12-13-14-15-16-17-18(19)20/h6-7,9-10,16-17H,2-5,8,11-15H2,1H3,(H,19,20)/b7-6-,10-9-,17-16?. The van der Waals surface area contributed by atoms with Gasteiger partial charge in [0, 0.05) is 6.08 Å². The zero-order valence-corrected chi connectivity index (χ0v) is 12.9. The van der Waals surface area contributed by atoms with Crippen molar-refractivity contribution in [1.82, 2.24) is 0 Å². The normalized spacial score (nSPS) is 12.1. The van der Waals surface area contributed by atoms with Crippen LogP contribution in [0.2, 0.25) is 0 Å². The van der Waals surface area contributed by atoms with Crippen LogP contribution >= 0.6 is 0 Å². The molecular weight excluding hydrogens is 248 g/mol. The summed E-state index contributed by atoms with van der Waals surface area (Å²) in [5.41, 5.74) is 0. The maximum absolute atomic E-state index is 10.2. The molecule has 0 amide bonds. The van der Waals surface area contributed by atoms with Gasteiger partial charge in [-0.25, -0.2) is 4.79 Å². The van der Waals surface area contributed by atoms with E-state index in [1.165, 1.54) is 44.6 Å². The van der Waals surface area contributed by atoms with Crippen LogP contribution in [0.15, 0.2) is 36.5 Å². The lowest BCUT2D eigenvalue weighted by Gasteiger charge is -1.94. The van der Waals surface area contributed by atoms with Gasteiger partial charge in [-0.1, -0.05) is 56.6 Å². The van der Waals surface area contributed by atoms with Crippen molar-refractivity contribution in [2.45, 2.75) is 71.1 Å². The van der Waals surface area contributed by atoms with Crippen LogP contribution in [0.5, 0.6) is 0 Å². The summed E-state index contributed by atoms with van der Waals surface area (Å²) in [6, 6.07) is 0. The minimum absolute atomic E-state index is 0.851. The quantitative estimate of drug-likeness (QED) is 0.268. The van der Waals surface area contributed by atoms with Gasteiger partial charge in [-0.3, -0.25) is 0 Å². The van der Waals surface area contributed by atoms with Crippen molar-refractivity contribution in [2.75, 3.05) is 0 Å². The average molecular weight is 278 g/mol. The molecule has 114 valence electrons. The van der Waals surface area contributed by atoms with Gasteiger partial charge in [-0.2, -0.15) is 0 Å². The molecule has 0 atom stereocenters. The Morgan fingerprint density at radius 2 is 1.35 bits per heavy atom. The van der Waals surface area contributed by atoms with Gasteiger partial charge in [0.25, 0.3) is 0 Å². The molecule has 0 fully saturated rings. The summed E-state index contributed by atoms with van der Waals surface area (Å²) in [7, 11) is 0. The Labute approximate surface area is 124 Å². The van der Waals surface area contributed by atoms with E-state index in [1.807, 2.05) is 0 Å². The van der Waals surface area contributed by atoms with Crippen LogP contribution in [0.4, 0.5) is 0 Å². The summed E-state index contributed by atoms with van der Waals surface area (Å²) >= 11 is 0. The van der Waals surface area contributed by atoms with Crippen molar-refractivity contribution in [3.05, 3.63) is 36.5 Å². The number of rotatable bonds is 13. The highest BCUT2D eigenvalue weighted by Gasteiger charge is 1.88. The Morgan fingerprint density at radius 3 is 1.90 bits per heavy atom. The van der Waals surface area contributed by atoms with E-state index >= 15 is 0 Å². The predicted molar refractivity (Wildman–Crippen MR) is 86.9 cm³/mol. The summed E-state index contributed by atoms with van der Waals surface area (Å²) < 4.78 is 0. The Kier molecular flexibility index (Phi) is 14.7. The highest BCUT2D eigenvalue weighted by atomic mass is 16.4. The van der Waals surface area contributed by atoms with Gasteiger partial charge in [0.05, 0.1) is 0 Å². The van der Waals surface area contributed by atoms with Gasteiger partial charge in [0.1, 0.15) is 0 Å². The van der Waals surface area contributed by atoms with Gasteiger partial charge in [-0.05, 0) is 44.9 Å². The molecule has 0 aliphatic rings. The molecule has 0 saturated heterocycles. The van der Waals surface area contributed by atoms with E-state index in [0.717, 1.165) is 25.7 Å². The molecule has 0 heterocycles. The van der Waals surface area contributed by atoms with Crippen molar-refractivity contribution in [1.29, 1.82) is 0 Å². The summed E-state index contributed by atoms with van der Waals surface area (Å²) in [5, 5.41) is 8.42. The highest BCUT2D eigenvalue weighted by Crippen LogP contribution is 2.05. The van der Waals surface area contributed by atoms with Crippen molar-refractivity contribution in [3.63, 3.8) is 0 Å². The van der Waals surface area contributed by atoms with E-state index in [4.69, 9.17) is 5.11 Å². The van der Waals surface area contributed by atoms with Crippen LogP contribution in [0.25, 0.3) is 0 Å². The average Bonchev–Trinajstić information content (AvgIpc) is 2.43. The summed E-state index contributed by atoms with van der Waals surface area (Å²) in [5.74, 6) is -0.851. The molecule has 20 heavy (non-hydrogen) atoms. The smallest absolute Gasteiger partial charge is 0.327 e. The van der Waals surface area contributed by atoms with Crippen LogP contribution in [0.1, 0.15) is 71.1 Å². The van der Waals surface area contributed by atoms with E-state index in [-0.39, 0.29) is 0 Å². The van der Waals surface area contributed by atoms with Crippen molar-refractivity contribution >= 4 is 5.97 Å². The fourth-order valence-corrected chi connectivity index (χ4v) is 1.90. The van der Waals surface area contributed by atoms with Gasteiger partial charge in [0.15, 0.2) is 0 Å². The first-order chi connectivity index (χ1) is 9.77. The molecule has 0 radical (unpaired) electrons. The van der Waals surface area contributed by atoms with Gasteiger partial charge < -0.3 is 5.11 Å². The Morgan fingerprint density at radius 1 is 0.800 bits per heavy atom. The summed E-state index contributed by atoms with van der Waals surface area (Å²) in [6.07, 6.45) is 23.6. The zero-order valence-electron chi connectivity index (χ0n) is 12.9. The maximum atomic E-state index is 10.2. The second-order valence-electron chi connectivity index (χ2n) is 5.05. The molecule has 0 aliphatic heterocycles. The monoisotopic (exact) mass is 278 g/mol. The van der Waals surface area contributed by atoms with Crippen LogP contribution in [0, 0.1) is 0 Å². The molecule has 2 nitrogen and oxygen atoms in total. The first-order valence-electron chi connectivity index (χ1n) is 7.96. The molecule has 0 saturated carbocycles. The predicted octanol–water partition coefficient (Wildman–Crippen LogP) is 5.66. The Balaban J connectivity index is 3.25. The number of hydrogen-bond acceptors (Lipinski definition) is 1. The molecule has 0 bridgehead atoms. The molecule has 0 spiro atoms. The lowest BCUT2D eigenvalue weighted by Crippen LogP contribution is -1.85. The third kappa shape index (κ3) is 16.7. The number of carboxylic acid groups (broad SMARTS) is 1. The van der Waals surface area contributed by atoms with Gasteiger partial charge >= 0.3 is 5.97 Å². The Bertz CT molecular complexity index is 301. The molecule has 0 aromatic rings. The second kappa shape index (κ2) is 15.7. The van der Waals surface area contributed by atoms with Crippen molar-refractivity contribution in [3.8, 4) is 0 Å². The molecule has 1 N–H and O–H groups in total. The van der Waals surface area contributed by atoms with Crippen LogP contribution in [-0.2, 0) is 4.79 Å². The third-order valence-corrected chi connectivity index (χ3v) is 3.08. The summed E-state index contributed by atoms with van der Waals surface area (Å²) in [4.78, 5) is 10.2. The number of carbonyl (C=O) groups is 1. The van der Waals surface area contributed by atoms with E-state index < -0.39 is 5.97 Å². The van der Waals surface area contributed by atoms with E-state index in [9.17, 15) is 4.79 Å². The molecule has 0 aromatic heterocycles. The van der Waals surface area contributed by atoms with Crippen molar-refractivity contribution in [2.24, 2.45) is 0 Å². The molecule has 0 rings (SSSR count). The first-order valence-corrected chi connectivity index (χ1v) is 7.96. The molecular formula is C18H30O2. The molecule has 2 heteroatoms.